The van der Waals surface area contributed by atoms with Crippen LogP contribution in [0.3, 0.4) is 0 Å². The van der Waals surface area contributed by atoms with Crippen LogP contribution in [0.25, 0.3) is 0 Å². The average Bonchev–Trinajstić information content (AvgIpc) is 1.94. The molecule has 0 amide bonds. The summed E-state index contributed by atoms with van der Waals surface area (Å²) in [6, 6.07) is 0.463. The summed E-state index contributed by atoms with van der Waals surface area (Å²) < 4.78 is 0. The number of nitrogens with two attached hydrogens (primary N) is 1. The van der Waals surface area contributed by atoms with E-state index in [1.165, 1.54) is 12.8 Å². The molecule has 56 valence electrons. The van der Waals surface area contributed by atoms with Crippen molar-refractivity contribution in [1.82, 2.24) is 5.32 Å². The Morgan fingerprint density at radius 3 is 2.78 bits per heavy atom. The molecule has 1 saturated heterocycles. The van der Waals surface area contributed by atoms with E-state index < -0.39 is 0 Å². The van der Waals surface area contributed by atoms with Gasteiger partial charge in [0.2, 0.25) is 0 Å². The number of hydrogen-bond acceptors (Lipinski definition) is 2. The maximum Gasteiger partial charge on any atom is 0.00513 e. The molecule has 1 aliphatic heterocycles. The zero-order valence-corrected chi connectivity index (χ0v) is 6.41. The van der Waals surface area contributed by atoms with E-state index in [-0.39, 0.29) is 12.4 Å². The van der Waals surface area contributed by atoms with Gasteiger partial charge in [0.25, 0.3) is 0 Å². The summed E-state index contributed by atoms with van der Waals surface area (Å²) in [6.45, 7) is 2.27. The number of rotatable bonds is 0. The van der Waals surface area contributed by atoms with Crippen LogP contribution in [0.1, 0.15) is 19.3 Å². The predicted molar refractivity (Wildman–Crippen MR) is 41.9 cm³/mol. The number of hydrogen-bond donors (Lipinski definition) is 2. The molecule has 1 unspecified atom stereocenters. The molecule has 0 aromatic carbocycles. The normalized spacial score (nSPS) is 28.3. The Morgan fingerprint density at radius 2 is 2.00 bits per heavy atom. The van der Waals surface area contributed by atoms with Crippen molar-refractivity contribution in [2.45, 2.75) is 25.3 Å². The van der Waals surface area contributed by atoms with Gasteiger partial charge in [-0.3, -0.25) is 0 Å². The molecule has 3 N–H and O–H groups in total. The molecular formula is C6H15ClN2. The van der Waals surface area contributed by atoms with Crippen LogP contribution in [-0.4, -0.2) is 19.1 Å². The second kappa shape index (κ2) is 5.03. The maximum absolute atomic E-state index is 5.69. The van der Waals surface area contributed by atoms with E-state index in [1.54, 1.807) is 0 Å². The number of nitrogens with one attached hydrogen (secondary N) is 1. The zero-order chi connectivity index (χ0) is 5.82. The first-order valence-electron chi connectivity index (χ1n) is 3.36. The van der Waals surface area contributed by atoms with E-state index in [0.717, 1.165) is 19.5 Å². The van der Waals surface area contributed by atoms with Crippen LogP contribution in [0, 0.1) is 0 Å². The third-order valence-electron chi connectivity index (χ3n) is 1.62. The monoisotopic (exact) mass is 150 g/mol. The van der Waals surface area contributed by atoms with E-state index in [2.05, 4.69) is 5.32 Å². The zero-order valence-electron chi connectivity index (χ0n) is 5.60. The Labute approximate surface area is 62.6 Å². The van der Waals surface area contributed by atoms with Gasteiger partial charge in [-0.1, -0.05) is 0 Å². The van der Waals surface area contributed by atoms with Gasteiger partial charge in [0.15, 0.2) is 0 Å². The van der Waals surface area contributed by atoms with Crippen LogP contribution in [0.5, 0.6) is 0 Å². The van der Waals surface area contributed by atoms with Crippen molar-refractivity contribution in [3.63, 3.8) is 0 Å². The molecule has 0 spiro atoms. The first kappa shape index (κ1) is 9.21. The van der Waals surface area contributed by atoms with E-state index in [1.807, 2.05) is 0 Å². The van der Waals surface area contributed by atoms with Gasteiger partial charge < -0.3 is 11.1 Å². The van der Waals surface area contributed by atoms with Gasteiger partial charge in [-0.25, -0.2) is 0 Å². The second-order valence-corrected chi connectivity index (χ2v) is 2.44. The molecule has 1 rings (SSSR count). The summed E-state index contributed by atoms with van der Waals surface area (Å²) in [5.74, 6) is 0. The standard InChI is InChI=1S/C6H14N2.ClH/c7-6-2-1-4-8-5-3-6;/h6,8H,1-5,7H2;1H. The third kappa shape index (κ3) is 3.73. The van der Waals surface area contributed by atoms with Crippen molar-refractivity contribution in [3.05, 3.63) is 0 Å². The highest BCUT2D eigenvalue weighted by Gasteiger charge is 2.04. The lowest BCUT2D eigenvalue weighted by Gasteiger charge is -2.02. The van der Waals surface area contributed by atoms with Crippen LogP contribution in [0.4, 0.5) is 0 Å². The topological polar surface area (TPSA) is 38.0 Å². The summed E-state index contributed by atoms with van der Waals surface area (Å²) in [6.07, 6.45) is 3.61. The quantitative estimate of drug-likeness (QED) is 0.528. The van der Waals surface area contributed by atoms with Crippen molar-refractivity contribution in [2.24, 2.45) is 5.73 Å². The molecule has 9 heavy (non-hydrogen) atoms. The fraction of sp³-hybridized carbons (Fsp3) is 1.00. The molecule has 0 radical (unpaired) electrons. The van der Waals surface area contributed by atoms with Gasteiger partial charge >= 0.3 is 0 Å². The van der Waals surface area contributed by atoms with E-state index in [9.17, 15) is 0 Å². The lowest BCUT2D eigenvalue weighted by atomic mass is 10.1. The highest BCUT2D eigenvalue weighted by Crippen LogP contribution is 2.00. The molecule has 0 aromatic rings. The van der Waals surface area contributed by atoms with Gasteiger partial charge in [0, 0.05) is 6.04 Å². The minimum absolute atomic E-state index is 0. The van der Waals surface area contributed by atoms with Crippen molar-refractivity contribution < 1.29 is 0 Å². The first-order chi connectivity index (χ1) is 3.89. The van der Waals surface area contributed by atoms with Crippen molar-refractivity contribution in [2.75, 3.05) is 13.1 Å². The lowest BCUT2D eigenvalue weighted by Crippen LogP contribution is -2.21. The fourth-order valence-electron chi connectivity index (χ4n) is 1.05. The Balaban J connectivity index is 0.000000640. The van der Waals surface area contributed by atoms with Crippen LogP contribution >= 0.6 is 12.4 Å². The van der Waals surface area contributed by atoms with Crippen LogP contribution in [-0.2, 0) is 0 Å². The SMILES string of the molecule is Cl.NC1CCCNCC1. The smallest absolute Gasteiger partial charge is 0.00513 e. The fourth-order valence-corrected chi connectivity index (χ4v) is 1.05. The van der Waals surface area contributed by atoms with Gasteiger partial charge in [-0.15, -0.1) is 12.4 Å². The minimum Gasteiger partial charge on any atom is -0.328 e. The summed E-state index contributed by atoms with van der Waals surface area (Å²) in [5.41, 5.74) is 5.69. The van der Waals surface area contributed by atoms with E-state index in [0.29, 0.717) is 6.04 Å². The molecular weight excluding hydrogens is 136 g/mol. The molecule has 3 heteroatoms. The van der Waals surface area contributed by atoms with Crippen LogP contribution < -0.4 is 11.1 Å². The highest BCUT2D eigenvalue weighted by molar-refractivity contribution is 5.85. The average molecular weight is 151 g/mol. The van der Waals surface area contributed by atoms with Crippen LogP contribution in [0.15, 0.2) is 0 Å². The van der Waals surface area contributed by atoms with E-state index in [4.69, 9.17) is 5.73 Å². The van der Waals surface area contributed by atoms with Crippen molar-refractivity contribution in [1.29, 1.82) is 0 Å². The Bertz CT molecular complexity index is 60.1. The molecule has 2 nitrogen and oxygen atoms in total. The Morgan fingerprint density at radius 1 is 1.22 bits per heavy atom. The van der Waals surface area contributed by atoms with Gasteiger partial charge in [-0.2, -0.15) is 0 Å². The molecule has 0 aliphatic carbocycles. The van der Waals surface area contributed by atoms with Gasteiger partial charge in [0.05, 0.1) is 0 Å². The largest absolute Gasteiger partial charge is 0.328 e. The molecule has 0 saturated carbocycles. The Hall–Kier alpha value is 0.210. The lowest BCUT2D eigenvalue weighted by molar-refractivity contribution is 0.599. The molecule has 1 fully saturated rings. The van der Waals surface area contributed by atoms with Gasteiger partial charge in [0.1, 0.15) is 0 Å². The summed E-state index contributed by atoms with van der Waals surface area (Å²) in [5, 5.41) is 3.30. The highest BCUT2D eigenvalue weighted by atomic mass is 35.5. The number of halogens is 1. The molecule has 0 aromatic heterocycles. The summed E-state index contributed by atoms with van der Waals surface area (Å²) in [4.78, 5) is 0. The molecule has 1 aliphatic rings. The Kier molecular flexibility index (Phi) is 5.15. The van der Waals surface area contributed by atoms with E-state index >= 15 is 0 Å². The van der Waals surface area contributed by atoms with Crippen LogP contribution in [0.2, 0.25) is 0 Å². The third-order valence-corrected chi connectivity index (χ3v) is 1.62. The van der Waals surface area contributed by atoms with Crippen molar-refractivity contribution in [3.8, 4) is 0 Å². The molecule has 1 heterocycles. The summed E-state index contributed by atoms with van der Waals surface area (Å²) >= 11 is 0. The maximum atomic E-state index is 5.69. The predicted octanol–water partition coefficient (Wildman–Crippen LogP) is 0.509. The second-order valence-electron chi connectivity index (χ2n) is 2.44. The minimum atomic E-state index is 0. The first-order valence-corrected chi connectivity index (χ1v) is 3.36. The van der Waals surface area contributed by atoms with Gasteiger partial charge in [-0.05, 0) is 32.4 Å². The van der Waals surface area contributed by atoms with Crippen molar-refractivity contribution >= 4 is 12.4 Å². The molecule has 1 atom stereocenters. The molecule has 0 bridgehead atoms. The summed E-state index contributed by atoms with van der Waals surface area (Å²) in [7, 11) is 0.